The van der Waals surface area contributed by atoms with Gasteiger partial charge in [-0.3, -0.25) is 9.36 Å². The van der Waals surface area contributed by atoms with Gasteiger partial charge in [0, 0.05) is 5.39 Å². The van der Waals surface area contributed by atoms with Crippen molar-refractivity contribution in [3.63, 3.8) is 0 Å². The second-order valence-corrected chi connectivity index (χ2v) is 5.18. The van der Waals surface area contributed by atoms with Crippen LogP contribution in [0.4, 0.5) is 5.82 Å². The van der Waals surface area contributed by atoms with E-state index in [4.69, 9.17) is 28.9 Å². The van der Waals surface area contributed by atoms with Crippen LogP contribution in [0.5, 0.6) is 0 Å². The Morgan fingerprint density at radius 1 is 0.950 bits per heavy atom. The summed E-state index contributed by atoms with van der Waals surface area (Å²) in [5.41, 5.74) is 6.17. The van der Waals surface area contributed by atoms with E-state index in [9.17, 15) is 4.79 Å². The summed E-state index contributed by atoms with van der Waals surface area (Å²) in [6.45, 7) is 0. The van der Waals surface area contributed by atoms with Crippen LogP contribution in [0.15, 0.2) is 53.3 Å². The number of nitrogens with zero attached hydrogens (tertiary/aromatic N) is 1. The Morgan fingerprint density at radius 2 is 1.60 bits per heavy atom. The molecule has 0 aliphatic rings. The largest absolute Gasteiger partial charge is 0.385 e. The number of para-hydroxylation sites is 1. The number of pyridine rings is 1. The van der Waals surface area contributed by atoms with Crippen LogP contribution in [0, 0.1) is 0 Å². The molecule has 0 unspecified atom stereocenters. The van der Waals surface area contributed by atoms with Gasteiger partial charge >= 0.3 is 0 Å². The summed E-state index contributed by atoms with van der Waals surface area (Å²) < 4.78 is 1.34. The summed E-state index contributed by atoms with van der Waals surface area (Å²) in [5.74, 6) is 0.295. The van der Waals surface area contributed by atoms with Crippen LogP contribution in [-0.4, -0.2) is 4.57 Å². The van der Waals surface area contributed by atoms with E-state index in [-0.39, 0.29) is 5.56 Å². The lowest BCUT2D eigenvalue weighted by molar-refractivity contribution is 1.02. The Balaban J connectivity index is 2.46. The normalized spacial score (nSPS) is 10.9. The molecule has 2 aromatic carbocycles. The standard InChI is InChI=1S/C15H10Cl2N2O/c16-11-6-3-7-12(17)14(11)19-13(18)8-9-4-1-2-5-10(9)15(19)20/h1-8H,18H2. The summed E-state index contributed by atoms with van der Waals surface area (Å²) in [7, 11) is 0. The molecule has 0 amide bonds. The Hall–Kier alpha value is -1.97. The molecule has 0 fully saturated rings. The highest BCUT2D eigenvalue weighted by Crippen LogP contribution is 2.29. The molecule has 0 aliphatic heterocycles. The molecule has 0 atom stereocenters. The van der Waals surface area contributed by atoms with Crippen molar-refractivity contribution in [1.29, 1.82) is 0 Å². The molecule has 0 aliphatic carbocycles. The fourth-order valence-corrected chi connectivity index (χ4v) is 2.78. The number of halogens is 2. The van der Waals surface area contributed by atoms with Gasteiger partial charge in [0.05, 0.1) is 15.7 Å². The van der Waals surface area contributed by atoms with Crippen LogP contribution >= 0.6 is 23.2 Å². The lowest BCUT2D eigenvalue weighted by Crippen LogP contribution is -2.22. The van der Waals surface area contributed by atoms with Gasteiger partial charge in [0.2, 0.25) is 0 Å². The SMILES string of the molecule is Nc1cc2ccccc2c(=O)n1-c1c(Cl)cccc1Cl. The van der Waals surface area contributed by atoms with Crippen LogP contribution in [0.3, 0.4) is 0 Å². The maximum atomic E-state index is 12.6. The van der Waals surface area contributed by atoms with Gasteiger partial charge in [-0.1, -0.05) is 47.5 Å². The van der Waals surface area contributed by atoms with E-state index < -0.39 is 0 Å². The van der Waals surface area contributed by atoms with E-state index in [0.29, 0.717) is 26.9 Å². The second kappa shape index (κ2) is 4.85. The molecule has 20 heavy (non-hydrogen) atoms. The van der Waals surface area contributed by atoms with Gasteiger partial charge in [-0.15, -0.1) is 0 Å². The van der Waals surface area contributed by atoms with Crippen molar-refractivity contribution in [2.45, 2.75) is 0 Å². The third-order valence-corrected chi connectivity index (χ3v) is 3.73. The molecule has 0 saturated heterocycles. The topological polar surface area (TPSA) is 48.0 Å². The van der Waals surface area contributed by atoms with E-state index >= 15 is 0 Å². The molecular formula is C15H10Cl2N2O. The summed E-state index contributed by atoms with van der Waals surface area (Å²) in [6, 6.07) is 14.0. The Labute approximate surface area is 125 Å². The zero-order valence-corrected chi connectivity index (χ0v) is 11.8. The predicted octanol–water partition coefficient (Wildman–Crippen LogP) is 3.88. The number of fused-ring (bicyclic) bond motifs is 1. The summed E-state index contributed by atoms with van der Waals surface area (Å²) >= 11 is 12.3. The van der Waals surface area contributed by atoms with Gasteiger partial charge in [0.1, 0.15) is 5.82 Å². The zero-order valence-electron chi connectivity index (χ0n) is 10.3. The molecule has 100 valence electrons. The first-order valence-corrected chi connectivity index (χ1v) is 6.70. The maximum absolute atomic E-state index is 12.6. The number of benzene rings is 2. The van der Waals surface area contributed by atoms with E-state index in [1.807, 2.05) is 12.1 Å². The van der Waals surface area contributed by atoms with Crippen molar-refractivity contribution in [3.8, 4) is 5.69 Å². The van der Waals surface area contributed by atoms with Gasteiger partial charge in [0.25, 0.3) is 5.56 Å². The highest BCUT2D eigenvalue weighted by molar-refractivity contribution is 6.37. The lowest BCUT2D eigenvalue weighted by atomic mass is 10.1. The quantitative estimate of drug-likeness (QED) is 0.741. The molecular weight excluding hydrogens is 295 g/mol. The van der Waals surface area contributed by atoms with Crippen molar-refractivity contribution in [2.24, 2.45) is 0 Å². The first-order chi connectivity index (χ1) is 9.59. The van der Waals surface area contributed by atoms with E-state index in [1.165, 1.54) is 4.57 Å². The highest BCUT2D eigenvalue weighted by atomic mass is 35.5. The minimum atomic E-state index is -0.240. The van der Waals surface area contributed by atoms with Crippen LogP contribution in [0.1, 0.15) is 0 Å². The van der Waals surface area contributed by atoms with Crippen LogP contribution < -0.4 is 11.3 Å². The van der Waals surface area contributed by atoms with Crippen molar-refractivity contribution < 1.29 is 0 Å². The maximum Gasteiger partial charge on any atom is 0.264 e. The average molecular weight is 305 g/mol. The number of anilines is 1. The van der Waals surface area contributed by atoms with Gasteiger partial charge < -0.3 is 5.73 Å². The molecule has 3 aromatic rings. The molecule has 5 heteroatoms. The predicted molar refractivity (Wildman–Crippen MR) is 84.0 cm³/mol. The average Bonchev–Trinajstić information content (AvgIpc) is 2.42. The van der Waals surface area contributed by atoms with E-state index in [1.54, 1.807) is 36.4 Å². The Kier molecular flexibility index (Phi) is 3.16. The molecule has 1 aromatic heterocycles. The Morgan fingerprint density at radius 3 is 2.30 bits per heavy atom. The summed E-state index contributed by atoms with van der Waals surface area (Å²) in [4.78, 5) is 12.6. The summed E-state index contributed by atoms with van der Waals surface area (Å²) in [6.07, 6.45) is 0. The van der Waals surface area contributed by atoms with Crippen LogP contribution in [0.25, 0.3) is 16.5 Å². The van der Waals surface area contributed by atoms with E-state index in [2.05, 4.69) is 0 Å². The molecule has 1 heterocycles. The van der Waals surface area contributed by atoms with Crippen LogP contribution in [0.2, 0.25) is 10.0 Å². The smallest absolute Gasteiger partial charge is 0.264 e. The number of aromatic nitrogens is 1. The fourth-order valence-electron chi connectivity index (χ4n) is 2.21. The summed E-state index contributed by atoms with van der Waals surface area (Å²) in [5, 5.41) is 2.11. The number of hydrogen-bond donors (Lipinski definition) is 1. The monoisotopic (exact) mass is 304 g/mol. The third kappa shape index (κ3) is 1.96. The number of hydrogen-bond acceptors (Lipinski definition) is 2. The van der Waals surface area contributed by atoms with Crippen molar-refractivity contribution in [3.05, 3.63) is 68.9 Å². The fraction of sp³-hybridized carbons (Fsp3) is 0. The molecule has 0 radical (unpaired) electrons. The number of rotatable bonds is 1. The minimum absolute atomic E-state index is 0.240. The van der Waals surface area contributed by atoms with Crippen molar-refractivity contribution in [1.82, 2.24) is 4.57 Å². The first-order valence-electron chi connectivity index (χ1n) is 5.94. The van der Waals surface area contributed by atoms with Crippen molar-refractivity contribution in [2.75, 3.05) is 5.73 Å². The van der Waals surface area contributed by atoms with Crippen molar-refractivity contribution >= 4 is 39.8 Å². The third-order valence-electron chi connectivity index (χ3n) is 3.12. The molecule has 2 N–H and O–H groups in total. The number of nitrogens with two attached hydrogens (primary N) is 1. The first kappa shape index (κ1) is 13.0. The highest BCUT2D eigenvalue weighted by Gasteiger charge is 2.14. The zero-order chi connectivity index (χ0) is 14.3. The van der Waals surface area contributed by atoms with E-state index in [0.717, 1.165) is 5.39 Å². The van der Waals surface area contributed by atoms with Gasteiger partial charge in [-0.05, 0) is 29.7 Å². The van der Waals surface area contributed by atoms with Gasteiger partial charge in [-0.25, -0.2) is 0 Å². The van der Waals surface area contributed by atoms with Gasteiger partial charge in [0.15, 0.2) is 0 Å². The second-order valence-electron chi connectivity index (χ2n) is 4.37. The molecule has 3 nitrogen and oxygen atoms in total. The molecule has 0 spiro atoms. The lowest BCUT2D eigenvalue weighted by Gasteiger charge is -2.14. The molecule has 0 bridgehead atoms. The number of nitrogen functional groups attached to an aromatic ring is 1. The Bertz CT molecular complexity index is 851. The minimum Gasteiger partial charge on any atom is -0.385 e. The van der Waals surface area contributed by atoms with Crippen LogP contribution in [-0.2, 0) is 0 Å². The molecule has 3 rings (SSSR count). The molecule has 0 saturated carbocycles. The van der Waals surface area contributed by atoms with Gasteiger partial charge in [-0.2, -0.15) is 0 Å².